The zero-order chi connectivity index (χ0) is 20.7. The summed E-state index contributed by atoms with van der Waals surface area (Å²) in [6.45, 7) is 4.83. The van der Waals surface area contributed by atoms with E-state index in [1.54, 1.807) is 45.0 Å². The predicted octanol–water partition coefficient (Wildman–Crippen LogP) is 4.43. The van der Waals surface area contributed by atoms with E-state index >= 15 is 0 Å². The molecule has 2 rings (SSSR count). The average molecular weight is 496 g/mol. The van der Waals surface area contributed by atoms with Crippen molar-refractivity contribution in [2.75, 3.05) is 17.2 Å². The summed E-state index contributed by atoms with van der Waals surface area (Å²) in [6.07, 6.45) is -0.630. The molecule has 0 saturated heterocycles. The van der Waals surface area contributed by atoms with Crippen LogP contribution in [0.5, 0.6) is 0 Å². The van der Waals surface area contributed by atoms with Gasteiger partial charge >= 0.3 is 12.1 Å². The van der Waals surface area contributed by atoms with Crippen LogP contribution >= 0.6 is 22.6 Å². The van der Waals surface area contributed by atoms with E-state index in [0.29, 0.717) is 11.4 Å². The lowest BCUT2D eigenvalue weighted by atomic mass is 10.2. The monoisotopic (exact) mass is 496 g/mol. The van der Waals surface area contributed by atoms with Crippen LogP contribution in [0, 0.1) is 3.57 Å². The van der Waals surface area contributed by atoms with Gasteiger partial charge in [0.2, 0.25) is 0 Å². The van der Waals surface area contributed by atoms with Crippen LogP contribution in [0.1, 0.15) is 31.1 Å². The normalized spacial score (nSPS) is 10.7. The second kappa shape index (κ2) is 9.54. The summed E-state index contributed by atoms with van der Waals surface area (Å²) in [5.74, 6) is -1.12. The van der Waals surface area contributed by atoms with Gasteiger partial charge in [-0.25, -0.2) is 9.59 Å². The molecular weight excluding hydrogens is 475 g/mol. The fraction of sp³-hybridized carbons (Fsp3) is 0.250. The van der Waals surface area contributed by atoms with E-state index in [1.165, 1.54) is 12.1 Å². The first-order valence-electron chi connectivity index (χ1n) is 8.45. The number of carbonyl (C=O) groups is 3. The number of para-hydroxylation sites is 1. The Morgan fingerprint density at radius 2 is 1.71 bits per heavy atom. The van der Waals surface area contributed by atoms with Crippen molar-refractivity contribution in [2.45, 2.75) is 26.4 Å². The summed E-state index contributed by atoms with van der Waals surface area (Å²) in [5.41, 5.74) is 0.597. The third-order valence-corrected chi connectivity index (χ3v) is 4.17. The van der Waals surface area contributed by atoms with Crippen LogP contribution in [-0.4, -0.2) is 30.2 Å². The third-order valence-electron chi connectivity index (χ3n) is 3.23. The van der Waals surface area contributed by atoms with Crippen molar-refractivity contribution in [3.63, 3.8) is 0 Å². The fourth-order valence-corrected chi connectivity index (χ4v) is 2.63. The molecule has 7 nitrogen and oxygen atoms in total. The summed E-state index contributed by atoms with van der Waals surface area (Å²) < 4.78 is 11.1. The number of amides is 2. The molecule has 0 atom stereocenters. The van der Waals surface area contributed by atoms with E-state index in [1.807, 2.05) is 12.1 Å². The highest BCUT2D eigenvalue weighted by Crippen LogP contribution is 2.17. The largest absolute Gasteiger partial charge is 0.452 e. The Bertz CT molecular complexity index is 877. The van der Waals surface area contributed by atoms with Gasteiger partial charge in [-0.15, -0.1) is 0 Å². The van der Waals surface area contributed by atoms with Crippen LogP contribution in [0.15, 0.2) is 48.5 Å². The second-order valence-corrected chi connectivity index (χ2v) is 7.97. The first-order valence-corrected chi connectivity index (χ1v) is 9.53. The number of anilines is 2. The van der Waals surface area contributed by atoms with Gasteiger partial charge in [0.25, 0.3) is 5.91 Å². The zero-order valence-electron chi connectivity index (χ0n) is 15.7. The van der Waals surface area contributed by atoms with E-state index in [2.05, 4.69) is 33.2 Å². The lowest BCUT2D eigenvalue weighted by molar-refractivity contribution is -0.119. The van der Waals surface area contributed by atoms with Crippen LogP contribution < -0.4 is 10.6 Å². The molecule has 0 bridgehead atoms. The first-order chi connectivity index (χ1) is 13.1. The molecule has 0 spiro atoms. The number of hydrogen-bond acceptors (Lipinski definition) is 5. The van der Waals surface area contributed by atoms with Gasteiger partial charge in [-0.05, 0) is 73.7 Å². The van der Waals surface area contributed by atoms with Gasteiger partial charge in [0, 0.05) is 9.26 Å². The van der Waals surface area contributed by atoms with Gasteiger partial charge in [-0.1, -0.05) is 18.2 Å². The Labute approximate surface area is 176 Å². The zero-order valence-corrected chi connectivity index (χ0v) is 17.9. The van der Waals surface area contributed by atoms with Gasteiger partial charge in [-0.3, -0.25) is 10.1 Å². The Hall–Kier alpha value is -2.62. The minimum absolute atomic E-state index is 0.204. The van der Waals surface area contributed by atoms with E-state index in [9.17, 15) is 14.4 Å². The lowest BCUT2D eigenvalue weighted by Gasteiger charge is -2.19. The molecule has 148 valence electrons. The highest BCUT2D eigenvalue weighted by molar-refractivity contribution is 14.1. The van der Waals surface area contributed by atoms with Gasteiger partial charge in [0.05, 0.1) is 11.3 Å². The number of nitrogens with one attached hydrogen (secondary N) is 2. The van der Waals surface area contributed by atoms with Crippen molar-refractivity contribution in [2.24, 2.45) is 0 Å². The number of esters is 1. The number of hydrogen-bond donors (Lipinski definition) is 2. The third kappa shape index (κ3) is 7.18. The topological polar surface area (TPSA) is 93.7 Å². The molecule has 2 amide bonds. The summed E-state index contributed by atoms with van der Waals surface area (Å²) >= 11 is 2.10. The summed E-state index contributed by atoms with van der Waals surface area (Å²) in [7, 11) is 0. The molecule has 0 unspecified atom stereocenters. The smallest absolute Gasteiger partial charge is 0.412 e. The Kier molecular flexibility index (Phi) is 7.38. The molecule has 0 fully saturated rings. The van der Waals surface area contributed by atoms with Gasteiger partial charge in [-0.2, -0.15) is 0 Å². The highest BCUT2D eigenvalue weighted by atomic mass is 127. The molecule has 2 aromatic carbocycles. The standard InChI is InChI=1S/C20H21IN2O5/c1-20(2,3)28-19(26)22-14-8-6-7-13(11-14)18(25)27-12-17(24)23-16-10-5-4-9-15(16)21/h4-11H,12H2,1-3H3,(H,22,26)(H,23,24). The molecule has 8 heteroatoms. The van der Waals surface area contributed by atoms with E-state index in [-0.39, 0.29) is 5.56 Å². The van der Waals surface area contributed by atoms with Crippen molar-refractivity contribution >= 4 is 51.9 Å². The summed E-state index contributed by atoms with van der Waals surface area (Å²) in [4.78, 5) is 36.0. The number of ether oxygens (including phenoxy) is 2. The van der Waals surface area contributed by atoms with Crippen molar-refractivity contribution in [3.05, 3.63) is 57.7 Å². The van der Waals surface area contributed by atoms with E-state index < -0.39 is 30.2 Å². The molecule has 0 heterocycles. The second-order valence-electron chi connectivity index (χ2n) is 6.81. The van der Waals surface area contributed by atoms with Crippen molar-refractivity contribution < 1.29 is 23.9 Å². The van der Waals surface area contributed by atoms with Gasteiger partial charge in [0.15, 0.2) is 6.61 Å². The van der Waals surface area contributed by atoms with E-state index in [4.69, 9.17) is 9.47 Å². The van der Waals surface area contributed by atoms with Crippen LogP contribution in [0.4, 0.5) is 16.2 Å². The molecule has 0 aliphatic rings. The molecule has 0 aliphatic heterocycles. The van der Waals surface area contributed by atoms with Gasteiger partial charge < -0.3 is 14.8 Å². The molecule has 28 heavy (non-hydrogen) atoms. The molecule has 0 saturated carbocycles. The lowest BCUT2D eigenvalue weighted by Crippen LogP contribution is -2.27. The predicted molar refractivity (Wildman–Crippen MR) is 114 cm³/mol. The first kappa shape index (κ1) is 21.7. The minimum atomic E-state index is -0.675. The number of carbonyl (C=O) groups excluding carboxylic acids is 3. The van der Waals surface area contributed by atoms with Crippen LogP contribution in [0.2, 0.25) is 0 Å². The van der Waals surface area contributed by atoms with Crippen LogP contribution in [0.25, 0.3) is 0 Å². The highest BCUT2D eigenvalue weighted by Gasteiger charge is 2.17. The molecule has 0 aliphatic carbocycles. The van der Waals surface area contributed by atoms with Crippen molar-refractivity contribution in [1.82, 2.24) is 0 Å². The molecule has 0 radical (unpaired) electrons. The molecule has 0 aromatic heterocycles. The average Bonchev–Trinajstić information content (AvgIpc) is 2.60. The maximum absolute atomic E-state index is 12.2. The number of benzene rings is 2. The maximum Gasteiger partial charge on any atom is 0.412 e. The quantitative estimate of drug-likeness (QED) is 0.472. The van der Waals surface area contributed by atoms with Crippen molar-refractivity contribution in [3.8, 4) is 0 Å². The molecular formula is C20H21IN2O5. The summed E-state index contributed by atoms with van der Waals surface area (Å²) in [6, 6.07) is 13.5. The molecule has 2 N–H and O–H groups in total. The maximum atomic E-state index is 12.2. The summed E-state index contributed by atoms with van der Waals surface area (Å²) in [5, 5.41) is 5.23. The Morgan fingerprint density at radius 1 is 1.00 bits per heavy atom. The number of rotatable bonds is 5. The number of halogens is 1. The Balaban J connectivity index is 1.91. The minimum Gasteiger partial charge on any atom is -0.452 e. The van der Waals surface area contributed by atoms with Crippen LogP contribution in [-0.2, 0) is 14.3 Å². The van der Waals surface area contributed by atoms with E-state index in [0.717, 1.165) is 3.57 Å². The van der Waals surface area contributed by atoms with Crippen molar-refractivity contribution in [1.29, 1.82) is 0 Å². The fourth-order valence-electron chi connectivity index (χ4n) is 2.11. The SMILES string of the molecule is CC(C)(C)OC(=O)Nc1cccc(C(=O)OCC(=O)Nc2ccccc2I)c1. The molecule has 2 aromatic rings. The van der Waals surface area contributed by atoms with Crippen LogP contribution in [0.3, 0.4) is 0 Å². The van der Waals surface area contributed by atoms with Gasteiger partial charge in [0.1, 0.15) is 5.60 Å². The Morgan fingerprint density at radius 3 is 2.39 bits per heavy atom.